The number of aryl methyl sites for hydroxylation is 1. The Morgan fingerprint density at radius 1 is 1.17 bits per heavy atom. The van der Waals surface area contributed by atoms with Gasteiger partial charge in [-0.1, -0.05) is 30.3 Å². The average Bonchev–Trinajstić information content (AvgIpc) is 3.34. The van der Waals surface area contributed by atoms with Crippen molar-refractivity contribution >= 4 is 27.4 Å². The van der Waals surface area contributed by atoms with E-state index in [2.05, 4.69) is 32.8 Å². The van der Waals surface area contributed by atoms with Gasteiger partial charge in [0.1, 0.15) is 34.4 Å². The summed E-state index contributed by atoms with van der Waals surface area (Å²) in [7, 11) is 1.62. The number of fused-ring (bicyclic) bond motifs is 1. The lowest BCUT2D eigenvalue weighted by Crippen LogP contribution is -2.30. The summed E-state index contributed by atoms with van der Waals surface area (Å²) in [5, 5.41) is 17.3. The molecule has 1 atom stereocenters. The van der Waals surface area contributed by atoms with Crippen molar-refractivity contribution in [1.82, 2.24) is 9.97 Å². The molecular formula is C22H23N3O3S. The summed E-state index contributed by atoms with van der Waals surface area (Å²) >= 11 is 1.57. The molecule has 1 aromatic carbocycles. The smallest absolute Gasteiger partial charge is 0.158 e. The SMILES string of the molecule is COCc1nc(NCC(C)(O)c2ccc(C)o2)c2c(-c3ccccc3)csc2n1. The van der Waals surface area contributed by atoms with E-state index in [0.29, 0.717) is 24.0 Å². The van der Waals surface area contributed by atoms with Gasteiger partial charge in [0.25, 0.3) is 0 Å². The van der Waals surface area contributed by atoms with Crippen LogP contribution in [-0.2, 0) is 16.9 Å². The molecule has 150 valence electrons. The largest absolute Gasteiger partial charge is 0.463 e. The predicted molar refractivity (Wildman–Crippen MR) is 115 cm³/mol. The Kier molecular flexibility index (Phi) is 5.36. The highest BCUT2D eigenvalue weighted by Crippen LogP contribution is 2.37. The number of hydrogen-bond acceptors (Lipinski definition) is 7. The zero-order valence-electron chi connectivity index (χ0n) is 16.6. The third-order valence-corrected chi connectivity index (χ3v) is 5.58. The van der Waals surface area contributed by atoms with Crippen LogP contribution in [0, 0.1) is 6.92 Å². The quantitative estimate of drug-likeness (QED) is 0.459. The Labute approximate surface area is 173 Å². The molecule has 7 heteroatoms. The Morgan fingerprint density at radius 2 is 1.97 bits per heavy atom. The summed E-state index contributed by atoms with van der Waals surface area (Å²) < 4.78 is 10.9. The predicted octanol–water partition coefficient (Wildman–Crippen LogP) is 4.73. The molecule has 0 fully saturated rings. The summed E-state index contributed by atoms with van der Waals surface area (Å²) in [6.45, 7) is 4.13. The van der Waals surface area contributed by atoms with Crippen molar-refractivity contribution in [3.8, 4) is 11.1 Å². The summed E-state index contributed by atoms with van der Waals surface area (Å²) in [5.74, 6) is 2.54. The number of anilines is 1. The van der Waals surface area contributed by atoms with Crippen LogP contribution in [0.3, 0.4) is 0 Å². The van der Waals surface area contributed by atoms with Gasteiger partial charge in [0.2, 0.25) is 0 Å². The highest BCUT2D eigenvalue weighted by atomic mass is 32.1. The fourth-order valence-corrected chi connectivity index (χ4v) is 4.17. The van der Waals surface area contributed by atoms with Crippen LogP contribution < -0.4 is 5.32 Å². The molecule has 0 aliphatic carbocycles. The van der Waals surface area contributed by atoms with Crippen molar-refractivity contribution in [2.75, 3.05) is 19.0 Å². The number of benzene rings is 1. The Bertz CT molecular complexity index is 1120. The van der Waals surface area contributed by atoms with Gasteiger partial charge in [-0.25, -0.2) is 9.97 Å². The van der Waals surface area contributed by atoms with E-state index in [4.69, 9.17) is 9.15 Å². The van der Waals surface area contributed by atoms with Gasteiger partial charge < -0.3 is 19.6 Å². The van der Waals surface area contributed by atoms with Crippen LogP contribution in [0.5, 0.6) is 0 Å². The van der Waals surface area contributed by atoms with Crippen LogP contribution in [0.2, 0.25) is 0 Å². The number of nitrogens with one attached hydrogen (secondary N) is 1. The molecule has 0 radical (unpaired) electrons. The lowest BCUT2D eigenvalue weighted by atomic mass is 10.0. The van der Waals surface area contributed by atoms with Crippen molar-refractivity contribution in [1.29, 1.82) is 0 Å². The maximum Gasteiger partial charge on any atom is 0.158 e. The maximum absolute atomic E-state index is 10.9. The lowest BCUT2D eigenvalue weighted by molar-refractivity contribution is 0.0467. The first-order chi connectivity index (χ1) is 14.0. The lowest BCUT2D eigenvalue weighted by Gasteiger charge is -2.22. The summed E-state index contributed by atoms with van der Waals surface area (Å²) in [6.07, 6.45) is 0. The number of nitrogens with zero attached hydrogens (tertiary/aromatic N) is 2. The van der Waals surface area contributed by atoms with E-state index in [1.807, 2.05) is 31.2 Å². The van der Waals surface area contributed by atoms with Gasteiger partial charge in [0, 0.05) is 18.1 Å². The van der Waals surface area contributed by atoms with E-state index < -0.39 is 5.60 Å². The number of hydrogen-bond donors (Lipinski definition) is 2. The van der Waals surface area contributed by atoms with Crippen LogP contribution in [0.25, 0.3) is 21.3 Å². The average molecular weight is 410 g/mol. The summed E-state index contributed by atoms with van der Waals surface area (Å²) in [6, 6.07) is 13.8. The van der Waals surface area contributed by atoms with Crippen LogP contribution >= 0.6 is 11.3 Å². The molecule has 6 nitrogen and oxygen atoms in total. The molecule has 0 bridgehead atoms. The number of methoxy groups -OCH3 is 1. The summed E-state index contributed by atoms with van der Waals surface area (Å²) in [4.78, 5) is 10.2. The van der Waals surface area contributed by atoms with Gasteiger partial charge in [-0.15, -0.1) is 11.3 Å². The first-order valence-electron chi connectivity index (χ1n) is 9.33. The molecule has 29 heavy (non-hydrogen) atoms. The van der Waals surface area contributed by atoms with E-state index in [9.17, 15) is 5.11 Å². The fourth-order valence-electron chi connectivity index (χ4n) is 3.20. The second-order valence-electron chi connectivity index (χ2n) is 7.15. The van der Waals surface area contributed by atoms with E-state index in [1.165, 1.54) is 0 Å². The minimum atomic E-state index is -1.18. The van der Waals surface area contributed by atoms with Crippen molar-refractivity contribution in [3.05, 3.63) is 65.2 Å². The van der Waals surface area contributed by atoms with E-state index >= 15 is 0 Å². The van der Waals surface area contributed by atoms with Gasteiger partial charge >= 0.3 is 0 Å². The van der Waals surface area contributed by atoms with Crippen molar-refractivity contribution in [2.24, 2.45) is 0 Å². The topological polar surface area (TPSA) is 80.4 Å². The highest BCUT2D eigenvalue weighted by Gasteiger charge is 2.27. The molecule has 1 unspecified atom stereocenters. The standard InChI is InChI=1S/C22H23N3O3S/c1-14-9-10-17(28-14)22(2,26)13-23-20-19-16(15-7-5-4-6-8-15)12-29-21(19)25-18(24-20)11-27-3/h4-10,12,26H,11,13H2,1-3H3,(H,23,24,25). The first-order valence-corrected chi connectivity index (χ1v) is 10.2. The summed E-state index contributed by atoms with van der Waals surface area (Å²) in [5.41, 5.74) is 0.972. The molecule has 3 heterocycles. The second-order valence-corrected chi connectivity index (χ2v) is 8.01. The van der Waals surface area contributed by atoms with Gasteiger partial charge in [-0.2, -0.15) is 0 Å². The molecule has 3 aromatic heterocycles. The number of rotatable bonds is 7. The number of ether oxygens (including phenoxy) is 1. The molecule has 0 spiro atoms. The normalized spacial score (nSPS) is 13.5. The van der Waals surface area contributed by atoms with E-state index in [1.54, 1.807) is 31.4 Å². The molecule has 4 rings (SSSR count). The number of aliphatic hydroxyl groups is 1. The molecular weight excluding hydrogens is 386 g/mol. The number of furan rings is 1. The van der Waals surface area contributed by atoms with E-state index in [-0.39, 0.29) is 6.54 Å². The molecule has 0 saturated carbocycles. The molecule has 0 amide bonds. The van der Waals surface area contributed by atoms with Gasteiger partial charge in [0.15, 0.2) is 5.82 Å². The Balaban J connectivity index is 1.74. The Morgan fingerprint density at radius 3 is 2.66 bits per heavy atom. The van der Waals surface area contributed by atoms with Crippen LogP contribution in [0.4, 0.5) is 5.82 Å². The zero-order chi connectivity index (χ0) is 20.4. The van der Waals surface area contributed by atoms with Gasteiger partial charge in [-0.3, -0.25) is 0 Å². The molecule has 4 aromatic rings. The van der Waals surface area contributed by atoms with Crippen LogP contribution in [-0.4, -0.2) is 28.7 Å². The van der Waals surface area contributed by atoms with Crippen LogP contribution in [0.1, 0.15) is 24.3 Å². The highest BCUT2D eigenvalue weighted by molar-refractivity contribution is 7.17. The fraction of sp³-hybridized carbons (Fsp3) is 0.273. The van der Waals surface area contributed by atoms with Crippen LogP contribution in [0.15, 0.2) is 52.3 Å². The van der Waals surface area contributed by atoms with Crippen molar-refractivity contribution in [3.63, 3.8) is 0 Å². The molecule has 0 aliphatic rings. The minimum Gasteiger partial charge on any atom is -0.463 e. The van der Waals surface area contributed by atoms with Gasteiger partial charge in [-0.05, 0) is 31.5 Å². The number of aromatic nitrogens is 2. The first kappa shape index (κ1) is 19.6. The second kappa shape index (κ2) is 7.94. The number of thiophene rings is 1. The molecule has 2 N–H and O–H groups in total. The maximum atomic E-state index is 10.9. The van der Waals surface area contributed by atoms with Crippen molar-refractivity contribution in [2.45, 2.75) is 26.1 Å². The monoisotopic (exact) mass is 409 g/mol. The van der Waals surface area contributed by atoms with E-state index in [0.717, 1.165) is 27.1 Å². The minimum absolute atomic E-state index is 0.239. The molecule has 0 aliphatic heterocycles. The molecule has 0 saturated heterocycles. The van der Waals surface area contributed by atoms with Gasteiger partial charge in [0.05, 0.1) is 11.9 Å². The van der Waals surface area contributed by atoms with Crippen molar-refractivity contribution < 1.29 is 14.3 Å². The zero-order valence-corrected chi connectivity index (χ0v) is 17.4. The Hall–Kier alpha value is -2.74. The third kappa shape index (κ3) is 4.03. The third-order valence-electron chi connectivity index (χ3n) is 4.71.